The molecule has 1 fully saturated rings. The van der Waals surface area contributed by atoms with Gasteiger partial charge in [-0.25, -0.2) is 8.42 Å². The van der Waals surface area contributed by atoms with Crippen molar-refractivity contribution in [3.8, 4) is 0 Å². The maximum absolute atomic E-state index is 12.5. The van der Waals surface area contributed by atoms with Gasteiger partial charge in [-0.1, -0.05) is 12.1 Å². The predicted molar refractivity (Wildman–Crippen MR) is 95.5 cm³/mol. The summed E-state index contributed by atoms with van der Waals surface area (Å²) in [5.41, 5.74) is 0.797. The summed E-state index contributed by atoms with van der Waals surface area (Å²) in [4.78, 5) is 39.8. The Kier molecular flexibility index (Phi) is 5.13. The molecule has 2 aliphatic rings. The number of rotatable bonds is 6. The standard InChI is InChI=1S/C18H22N2O5S/c1-2-19(13-9-11-26(24,25)12-13)16(21)8-5-10-20-17(22)14-6-3-4-7-15(14)18(20)23/h3-4,6-7,13H,2,5,8-12H2,1H3/t13-/m0/s1. The van der Waals surface area contributed by atoms with E-state index in [-0.39, 0.29) is 48.2 Å². The number of hydrogen-bond donors (Lipinski definition) is 0. The van der Waals surface area contributed by atoms with Gasteiger partial charge in [-0.3, -0.25) is 19.3 Å². The number of carbonyl (C=O) groups excluding carboxylic acids is 3. The SMILES string of the molecule is CCN(C(=O)CCCN1C(=O)c2ccccc2C1=O)[C@H]1CCS(=O)(=O)C1. The summed E-state index contributed by atoms with van der Waals surface area (Å²) < 4.78 is 23.3. The van der Waals surface area contributed by atoms with E-state index in [1.165, 1.54) is 4.90 Å². The lowest BCUT2D eigenvalue weighted by Gasteiger charge is -2.27. The van der Waals surface area contributed by atoms with Crippen LogP contribution in [0.5, 0.6) is 0 Å². The van der Waals surface area contributed by atoms with Gasteiger partial charge in [0.1, 0.15) is 0 Å². The first-order valence-electron chi connectivity index (χ1n) is 8.79. The molecule has 2 heterocycles. The smallest absolute Gasteiger partial charge is 0.261 e. The third kappa shape index (κ3) is 3.51. The molecule has 3 rings (SSSR count). The van der Waals surface area contributed by atoms with E-state index >= 15 is 0 Å². The van der Waals surface area contributed by atoms with E-state index in [2.05, 4.69) is 0 Å². The molecular formula is C18H22N2O5S. The highest BCUT2D eigenvalue weighted by atomic mass is 32.2. The average Bonchev–Trinajstić information content (AvgIpc) is 3.08. The molecule has 0 N–H and O–H groups in total. The zero-order valence-electron chi connectivity index (χ0n) is 14.7. The van der Waals surface area contributed by atoms with Gasteiger partial charge in [0, 0.05) is 25.6 Å². The second kappa shape index (κ2) is 7.19. The molecule has 0 spiro atoms. The molecule has 0 aromatic heterocycles. The molecule has 0 unspecified atom stereocenters. The Hall–Kier alpha value is -2.22. The Balaban J connectivity index is 1.56. The maximum Gasteiger partial charge on any atom is 0.261 e. The quantitative estimate of drug-likeness (QED) is 0.691. The minimum absolute atomic E-state index is 0.0188. The number of carbonyl (C=O) groups is 3. The number of fused-ring (bicyclic) bond motifs is 1. The molecule has 140 valence electrons. The van der Waals surface area contributed by atoms with Gasteiger partial charge in [0.25, 0.3) is 11.8 Å². The van der Waals surface area contributed by atoms with Crippen LogP contribution in [0.15, 0.2) is 24.3 Å². The van der Waals surface area contributed by atoms with E-state index in [4.69, 9.17) is 0 Å². The van der Waals surface area contributed by atoms with Crippen LogP contribution in [0.1, 0.15) is 46.9 Å². The minimum atomic E-state index is -3.05. The van der Waals surface area contributed by atoms with Crippen LogP contribution in [-0.2, 0) is 14.6 Å². The van der Waals surface area contributed by atoms with Gasteiger partial charge in [0.2, 0.25) is 5.91 Å². The zero-order chi connectivity index (χ0) is 18.9. The van der Waals surface area contributed by atoms with Crippen LogP contribution < -0.4 is 0 Å². The molecule has 0 bridgehead atoms. The summed E-state index contributed by atoms with van der Waals surface area (Å²) in [7, 11) is -3.05. The highest BCUT2D eigenvalue weighted by Crippen LogP contribution is 2.23. The Bertz CT molecular complexity index is 814. The number of benzene rings is 1. The van der Waals surface area contributed by atoms with Crippen molar-refractivity contribution in [2.24, 2.45) is 0 Å². The normalized spacial score (nSPS) is 21.1. The van der Waals surface area contributed by atoms with Crippen LogP contribution in [0, 0.1) is 0 Å². The van der Waals surface area contributed by atoms with Crippen molar-refractivity contribution < 1.29 is 22.8 Å². The van der Waals surface area contributed by atoms with Crippen molar-refractivity contribution in [1.29, 1.82) is 0 Å². The van der Waals surface area contributed by atoms with Crippen LogP contribution in [0.3, 0.4) is 0 Å². The van der Waals surface area contributed by atoms with E-state index < -0.39 is 9.84 Å². The molecule has 2 aliphatic heterocycles. The third-order valence-corrected chi connectivity index (χ3v) is 6.71. The minimum Gasteiger partial charge on any atom is -0.339 e. The molecule has 26 heavy (non-hydrogen) atoms. The van der Waals surface area contributed by atoms with Gasteiger partial charge in [-0.05, 0) is 31.9 Å². The summed E-state index contributed by atoms with van der Waals surface area (Å²) >= 11 is 0. The predicted octanol–water partition coefficient (Wildman–Crippen LogP) is 1.10. The highest BCUT2D eigenvalue weighted by Gasteiger charge is 2.36. The van der Waals surface area contributed by atoms with E-state index in [1.807, 2.05) is 6.92 Å². The summed E-state index contributed by atoms with van der Waals surface area (Å²) in [6.07, 6.45) is 1.01. The molecule has 0 saturated carbocycles. The van der Waals surface area contributed by atoms with Gasteiger partial charge in [-0.15, -0.1) is 0 Å². The van der Waals surface area contributed by atoms with Gasteiger partial charge in [0.05, 0.1) is 22.6 Å². The molecule has 1 saturated heterocycles. The van der Waals surface area contributed by atoms with Gasteiger partial charge in [-0.2, -0.15) is 0 Å². The average molecular weight is 378 g/mol. The van der Waals surface area contributed by atoms with Gasteiger partial charge < -0.3 is 4.90 Å². The third-order valence-electron chi connectivity index (χ3n) is 4.96. The van der Waals surface area contributed by atoms with Crippen LogP contribution in [0.25, 0.3) is 0 Å². The Morgan fingerprint density at radius 3 is 2.31 bits per heavy atom. The molecule has 1 atom stereocenters. The van der Waals surface area contributed by atoms with Crippen molar-refractivity contribution in [2.75, 3.05) is 24.6 Å². The summed E-state index contributed by atoms with van der Waals surface area (Å²) in [5, 5.41) is 0. The first-order chi connectivity index (χ1) is 12.3. The van der Waals surface area contributed by atoms with E-state index in [0.29, 0.717) is 30.5 Å². The van der Waals surface area contributed by atoms with E-state index in [0.717, 1.165) is 0 Å². The second-order valence-electron chi connectivity index (χ2n) is 6.65. The van der Waals surface area contributed by atoms with Crippen molar-refractivity contribution in [3.63, 3.8) is 0 Å². The number of amides is 3. The Morgan fingerprint density at radius 2 is 1.81 bits per heavy atom. The Morgan fingerprint density at radius 1 is 1.19 bits per heavy atom. The first kappa shape index (κ1) is 18.6. The summed E-state index contributed by atoms with van der Waals surface area (Å²) in [6, 6.07) is 6.41. The zero-order valence-corrected chi connectivity index (χ0v) is 15.5. The first-order valence-corrected chi connectivity index (χ1v) is 10.6. The monoisotopic (exact) mass is 378 g/mol. The largest absolute Gasteiger partial charge is 0.339 e. The van der Waals surface area contributed by atoms with Crippen molar-refractivity contribution >= 4 is 27.6 Å². The van der Waals surface area contributed by atoms with Gasteiger partial charge >= 0.3 is 0 Å². The molecular weight excluding hydrogens is 356 g/mol. The lowest BCUT2D eigenvalue weighted by Crippen LogP contribution is -2.41. The lowest BCUT2D eigenvalue weighted by molar-refractivity contribution is -0.133. The van der Waals surface area contributed by atoms with E-state index in [9.17, 15) is 22.8 Å². The van der Waals surface area contributed by atoms with Gasteiger partial charge in [0.15, 0.2) is 9.84 Å². The maximum atomic E-state index is 12.5. The van der Waals surface area contributed by atoms with Crippen LogP contribution >= 0.6 is 0 Å². The molecule has 8 heteroatoms. The fraction of sp³-hybridized carbons (Fsp3) is 0.500. The fourth-order valence-electron chi connectivity index (χ4n) is 3.63. The van der Waals surface area contributed by atoms with Crippen molar-refractivity contribution in [2.45, 2.75) is 32.2 Å². The number of nitrogens with zero attached hydrogens (tertiary/aromatic N) is 2. The highest BCUT2D eigenvalue weighted by molar-refractivity contribution is 7.91. The number of sulfone groups is 1. The molecule has 1 aromatic carbocycles. The topological polar surface area (TPSA) is 91.8 Å². The Labute approximate surface area is 152 Å². The fourth-order valence-corrected chi connectivity index (χ4v) is 5.36. The second-order valence-corrected chi connectivity index (χ2v) is 8.88. The molecule has 1 aromatic rings. The lowest BCUT2D eigenvalue weighted by atomic mass is 10.1. The van der Waals surface area contributed by atoms with Crippen molar-refractivity contribution in [3.05, 3.63) is 35.4 Å². The van der Waals surface area contributed by atoms with Crippen LogP contribution in [0.4, 0.5) is 0 Å². The summed E-state index contributed by atoms with van der Waals surface area (Å²) in [5.74, 6) is -0.646. The van der Waals surface area contributed by atoms with Crippen molar-refractivity contribution in [1.82, 2.24) is 9.80 Å². The van der Waals surface area contributed by atoms with Crippen LogP contribution in [0.2, 0.25) is 0 Å². The molecule has 3 amide bonds. The van der Waals surface area contributed by atoms with Crippen LogP contribution in [-0.4, -0.2) is 66.6 Å². The molecule has 0 radical (unpaired) electrons. The number of imide groups is 1. The molecule has 7 nitrogen and oxygen atoms in total. The summed E-state index contributed by atoms with van der Waals surface area (Å²) in [6.45, 7) is 2.46. The number of hydrogen-bond acceptors (Lipinski definition) is 5. The molecule has 0 aliphatic carbocycles. The van der Waals surface area contributed by atoms with E-state index in [1.54, 1.807) is 29.2 Å².